The van der Waals surface area contributed by atoms with E-state index in [0.29, 0.717) is 16.5 Å². The number of hydrogen-bond acceptors (Lipinski definition) is 5. The van der Waals surface area contributed by atoms with Gasteiger partial charge in [-0.25, -0.2) is 9.97 Å². The van der Waals surface area contributed by atoms with E-state index >= 15 is 0 Å². The summed E-state index contributed by atoms with van der Waals surface area (Å²) in [5.74, 6) is -0.290. The second kappa shape index (κ2) is 5.43. The van der Waals surface area contributed by atoms with Crippen LogP contribution in [0.1, 0.15) is 28.5 Å². The maximum Gasteiger partial charge on any atom is 0.275 e. The van der Waals surface area contributed by atoms with Gasteiger partial charge >= 0.3 is 0 Å². The van der Waals surface area contributed by atoms with Gasteiger partial charge in [0.25, 0.3) is 5.91 Å². The number of anilines is 1. The number of rotatable bonds is 3. The third-order valence-corrected chi connectivity index (χ3v) is 3.40. The first kappa shape index (κ1) is 12.9. The summed E-state index contributed by atoms with van der Waals surface area (Å²) in [4.78, 5) is 19.9. The highest BCUT2D eigenvalue weighted by molar-refractivity contribution is 7.09. The molecule has 0 radical (unpaired) electrons. The van der Waals surface area contributed by atoms with Crippen LogP contribution in [0.4, 0.5) is 5.69 Å². The lowest BCUT2D eigenvalue weighted by Crippen LogP contribution is -2.13. The number of hydrogen-bond donors (Lipinski definition) is 2. The van der Waals surface area contributed by atoms with Gasteiger partial charge in [0.05, 0.1) is 17.9 Å². The Bertz CT molecular complexity index is 552. The van der Waals surface area contributed by atoms with E-state index in [-0.39, 0.29) is 11.9 Å². The zero-order valence-electron chi connectivity index (χ0n) is 9.55. The highest BCUT2D eigenvalue weighted by Crippen LogP contribution is 2.17. The zero-order chi connectivity index (χ0) is 13.1. The number of nitrogens with zero attached hydrogens (tertiary/aromatic N) is 2. The van der Waals surface area contributed by atoms with E-state index in [4.69, 9.17) is 17.3 Å². The van der Waals surface area contributed by atoms with Crippen molar-refractivity contribution in [3.8, 4) is 0 Å². The fourth-order valence-electron chi connectivity index (χ4n) is 1.25. The van der Waals surface area contributed by atoms with Gasteiger partial charge in [0.1, 0.15) is 15.9 Å². The van der Waals surface area contributed by atoms with Gasteiger partial charge < -0.3 is 11.1 Å². The quantitative estimate of drug-likeness (QED) is 0.848. The average Bonchev–Trinajstić information content (AvgIpc) is 2.81. The van der Waals surface area contributed by atoms with Crippen LogP contribution in [0.5, 0.6) is 0 Å². The van der Waals surface area contributed by atoms with Crippen molar-refractivity contribution in [1.29, 1.82) is 0 Å². The van der Waals surface area contributed by atoms with Gasteiger partial charge in [-0.2, -0.15) is 0 Å². The minimum Gasteiger partial charge on any atom is -0.322 e. The molecule has 2 rings (SSSR count). The van der Waals surface area contributed by atoms with Crippen LogP contribution < -0.4 is 11.1 Å². The molecule has 5 nitrogen and oxygen atoms in total. The molecule has 2 aromatic heterocycles. The molecule has 0 spiro atoms. The average molecular weight is 283 g/mol. The number of halogens is 1. The van der Waals surface area contributed by atoms with Gasteiger partial charge in [-0.05, 0) is 19.1 Å². The van der Waals surface area contributed by atoms with Crippen LogP contribution in [0.3, 0.4) is 0 Å². The van der Waals surface area contributed by atoms with Crippen molar-refractivity contribution in [2.75, 3.05) is 5.32 Å². The minimum atomic E-state index is -0.290. The summed E-state index contributed by atoms with van der Waals surface area (Å²) >= 11 is 7.02. The fourth-order valence-corrected chi connectivity index (χ4v) is 2.12. The van der Waals surface area contributed by atoms with Gasteiger partial charge in [-0.15, -0.1) is 11.3 Å². The fraction of sp³-hybridized carbons (Fsp3) is 0.182. The highest BCUT2D eigenvalue weighted by atomic mass is 35.5. The topological polar surface area (TPSA) is 80.9 Å². The lowest BCUT2D eigenvalue weighted by atomic mass is 10.3. The Morgan fingerprint density at radius 3 is 2.89 bits per heavy atom. The largest absolute Gasteiger partial charge is 0.322 e. The second-order valence-electron chi connectivity index (χ2n) is 3.68. The minimum absolute atomic E-state index is 0.172. The SMILES string of the molecule is CC(N)c1nc(C(=O)Nc2ccc(Cl)nc2)cs1. The zero-order valence-corrected chi connectivity index (χ0v) is 11.1. The van der Waals surface area contributed by atoms with Gasteiger partial charge in [-0.1, -0.05) is 11.6 Å². The summed E-state index contributed by atoms with van der Waals surface area (Å²) in [6, 6.07) is 3.10. The molecule has 0 aliphatic rings. The molecule has 0 bridgehead atoms. The Hall–Kier alpha value is -1.50. The summed E-state index contributed by atoms with van der Waals surface area (Å²) in [7, 11) is 0. The van der Waals surface area contributed by atoms with Crippen molar-refractivity contribution in [3.05, 3.63) is 39.6 Å². The number of pyridine rings is 1. The Morgan fingerprint density at radius 1 is 1.56 bits per heavy atom. The Labute approximate surface area is 113 Å². The molecular formula is C11H11ClN4OS. The van der Waals surface area contributed by atoms with Gasteiger partial charge in [0, 0.05) is 5.38 Å². The maximum absolute atomic E-state index is 11.9. The molecule has 0 aliphatic carbocycles. The summed E-state index contributed by atoms with van der Waals surface area (Å²) in [5.41, 5.74) is 6.61. The van der Waals surface area contributed by atoms with Crippen LogP contribution in [-0.4, -0.2) is 15.9 Å². The maximum atomic E-state index is 11.9. The molecule has 2 heterocycles. The number of carbonyl (C=O) groups is 1. The van der Waals surface area contributed by atoms with Crippen molar-refractivity contribution in [2.24, 2.45) is 5.73 Å². The summed E-state index contributed by atoms with van der Waals surface area (Å²) < 4.78 is 0. The van der Waals surface area contributed by atoms with E-state index in [2.05, 4.69) is 15.3 Å². The van der Waals surface area contributed by atoms with Crippen LogP contribution in [0.15, 0.2) is 23.7 Å². The molecule has 1 unspecified atom stereocenters. The van der Waals surface area contributed by atoms with E-state index in [1.165, 1.54) is 17.5 Å². The number of aromatic nitrogens is 2. The van der Waals surface area contributed by atoms with Gasteiger partial charge in [0.15, 0.2) is 0 Å². The van der Waals surface area contributed by atoms with Crippen LogP contribution in [0.2, 0.25) is 5.15 Å². The van der Waals surface area contributed by atoms with Gasteiger partial charge in [-0.3, -0.25) is 4.79 Å². The Balaban J connectivity index is 2.09. The molecule has 1 amide bonds. The highest BCUT2D eigenvalue weighted by Gasteiger charge is 2.12. The lowest BCUT2D eigenvalue weighted by molar-refractivity contribution is 0.102. The second-order valence-corrected chi connectivity index (χ2v) is 4.96. The van der Waals surface area contributed by atoms with Gasteiger partial charge in [0.2, 0.25) is 0 Å². The first-order valence-electron chi connectivity index (χ1n) is 5.20. The van der Waals surface area contributed by atoms with E-state index in [1.54, 1.807) is 17.5 Å². The predicted octanol–water partition coefficient (Wildman–Crippen LogP) is 2.46. The molecular weight excluding hydrogens is 272 g/mol. The summed E-state index contributed by atoms with van der Waals surface area (Å²) in [5, 5.41) is 5.47. The van der Waals surface area contributed by atoms with E-state index in [9.17, 15) is 4.79 Å². The molecule has 3 N–H and O–H groups in total. The number of nitrogens with two attached hydrogens (primary N) is 1. The predicted molar refractivity (Wildman–Crippen MR) is 71.9 cm³/mol. The molecule has 0 saturated heterocycles. The molecule has 0 aromatic carbocycles. The normalized spacial score (nSPS) is 12.2. The van der Waals surface area contributed by atoms with Crippen LogP contribution in [0.25, 0.3) is 0 Å². The van der Waals surface area contributed by atoms with Crippen LogP contribution in [0, 0.1) is 0 Å². The molecule has 18 heavy (non-hydrogen) atoms. The molecule has 2 aromatic rings. The monoisotopic (exact) mass is 282 g/mol. The van der Waals surface area contributed by atoms with Crippen LogP contribution >= 0.6 is 22.9 Å². The first-order valence-corrected chi connectivity index (χ1v) is 6.46. The smallest absolute Gasteiger partial charge is 0.275 e. The molecule has 0 saturated carbocycles. The summed E-state index contributed by atoms with van der Waals surface area (Å²) in [6.07, 6.45) is 1.49. The lowest BCUT2D eigenvalue weighted by Gasteiger charge is -2.02. The van der Waals surface area contributed by atoms with Crippen molar-refractivity contribution in [3.63, 3.8) is 0 Å². The molecule has 0 fully saturated rings. The molecule has 1 atom stereocenters. The van der Waals surface area contributed by atoms with E-state index in [1.807, 2.05) is 6.92 Å². The van der Waals surface area contributed by atoms with Crippen molar-refractivity contribution in [1.82, 2.24) is 9.97 Å². The van der Waals surface area contributed by atoms with Crippen molar-refractivity contribution in [2.45, 2.75) is 13.0 Å². The number of carbonyl (C=O) groups excluding carboxylic acids is 1. The molecule has 7 heteroatoms. The third-order valence-electron chi connectivity index (χ3n) is 2.13. The standard InChI is InChI=1S/C11H11ClN4OS/c1-6(13)11-16-8(5-18-11)10(17)15-7-2-3-9(12)14-4-7/h2-6H,13H2,1H3,(H,15,17). The first-order chi connectivity index (χ1) is 8.56. The van der Waals surface area contributed by atoms with E-state index in [0.717, 1.165) is 5.01 Å². The molecule has 94 valence electrons. The third kappa shape index (κ3) is 3.04. The number of thiazole rings is 1. The van der Waals surface area contributed by atoms with Crippen molar-refractivity contribution < 1.29 is 4.79 Å². The summed E-state index contributed by atoms with van der Waals surface area (Å²) in [6.45, 7) is 1.82. The van der Waals surface area contributed by atoms with Crippen molar-refractivity contribution >= 4 is 34.5 Å². The number of amides is 1. The Kier molecular flexibility index (Phi) is 3.90. The molecule has 0 aliphatic heterocycles. The van der Waals surface area contributed by atoms with Crippen LogP contribution in [-0.2, 0) is 0 Å². The van der Waals surface area contributed by atoms with E-state index < -0.39 is 0 Å². The number of nitrogens with one attached hydrogen (secondary N) is 1. The Morgan fingerprint density at radius 2 is 2.33 bits per heavy atom.